The molecule has 1 aromatic rings. The first-order chi connectivity index (χ1) is 9.00. The molecule has 1 aliphatic heterocycles. The minimum Gasteiger partial charge on any atom is -0.353 e. The van der Waals surface area contributed by atoms with Gasteiger partial charge in [0, 0.05) is 25.7 Å². The number of likely N-dealkylation sites (N-methyl/N-ethyl adjacent to an activating group) is 1. The van der Waals surface area contributed by atoms with E-state index in [4.69, 9.17) is 0 Å². The first kappa shape index (κ1) is 12.9. The third-order valence-corrected chi connectivity index (χ3v) is 2.94. The van der Waals surface area contributed by atoms with Gasteiger partial charge < -0.3 is 5.32 Å². The van der Waals surface area contributed by atoms with Gasteiger partial charge in [-0.15, -0.1) is 0 Å². The summed E-state index contributed by atoms with van der Waals surface area (Å²) in [6, 6.07) is 2.08. The highest BCUT2D eigenvalue weighted by Crippen LogP contribution is 2.23. The maximum absolute atomic E-state index is 11.9. The molecule has 0 bridgehead atoms. The summed E-state index contributed by atoms with van der Waals surface area (Å²) in [5, 5.41) is 13.6. The van der Waals surface area contributed by atoms with Crippen molar-refractivity contribution < 1.29 is 14.5 Å². The Morgan fingerprint density at radius 3 is 2.95 bits per heavy atom. The van der Waals surface area contributed by atoms with Crippen molar-refractivity contribution in [1.29, 1.82) is 0 Å². The highest BCUT2D eigenvalue weighted by atomic mass is 16.6. The molecule has 1 fully saturated rings. The molecular weight excluding hydrogens is 252 g/mol. The Balaban J connectivity index is 2.20. The second kappa shape index (κ2) is 5.01. The lowest BCUT2D eigenvalue weighted by Gasteiger charge is -2.28. The van der Waals surface area contributed by atoms with Gasteiger partial charge in [0.1, 0.15) is 6.04 Å². The van der Waals surface area contributed by atoms with Crippen molar-refractivity contribution in [1.82, 2.24) is 9.88 Å². The largest absolute Gasteiger partial charge is 0.353 e. The fourth-order valence-electron chi connectivity index (χ4n) is 1.87. The normalized spacial score (nSPS) is 19.4. The molecule has 19 heavy (non-hydrogen) atoms. The van der Waals surface area contributed by atoms with Crippen LogP contribution >= 0.6 is 0 Å². The van der Waals surface area contributed by atoms with E-state index >= 15 is 0 Å². The molecule has 0 saturated carbocycles. The number of aromatic nitrogens is 1. The second-order valence-corrected chi connectivity index (χ2v) is 4.15. The van der Waals surface area contributed by atoms with Crippen molar-refractivity contribution in [2.24, 2.45) is 0 Å². The molecule has 1 aliphatic rings. The lowest BCUT2D eigenvalue weighted by Crippen LogP contribution is -2.48. The number of nitro groups is 1. The zero-order chi connectivity index (χ0) is 14.0. The number of pyridine rings is 1. The molecule has 0 aliphatic carbocycles. The number of carbonyl (C=O) groups excluding carboxylic acids is 2. The number of nitrogens with zero attached hydrogens (tertiary/aromatic N) is 3. The molecule has 1 unspecified atom stereocenters. The lowest BCUT2D eigenvalue weighted by molar-refractivity contribution is -0.384. The number of piperidine rings is 1. The molecule has 100 valence electrons. The minimum absolute atomic E-state index is 0.0357. The van der Waals surface area contributed by atoms with Crippen molar-refractivity contribution in [2.75, 3.05) is 12.4 Å². The predicted molar refractivity (Wildman–Crippen MR) is 65.3 cm³/mol. The van der Waals surface area contributed by atoms with Gasteiger partial charge in [0.15, 0.2) is 0 Å². The highest BCUT2D eigenvalue weighted by molar-refractivity contribution is 6.01. The summed E-state index contributed by atoms with van der Waals surface area (Å²) < 4.78 is 0. The van der Waals surface area contributed by atoms with Crippen molar-refractivity contribution in [2.45, 2.75) is 18.9 Å². The van der Waals surface area contributed by atoms with Crippen LogP contribution in [0, 0.1) is 10.1 Å². The third-order valence-electron chi connectivity index (χ3n) is 2.94. The Bertz CT molecular complexity index is 545. The maximum Gasteiger partial charge on any atom is 0.311 e. The number of nitrogens with one attached hydrogen (secondary N) is 1. The standard InChI is InChI=1S/C11H12N4O4/c1-14-9(16)5-4-7(11(14)17)13-10-8(15(18)19)3-2-6-12-10/h2-3,6-7H,4-5H2,1H3,(H,12,13). The second-order valence-electron chi connectivity index (χ2n) is 4.15. The first-order valence-corrected chi connectivity index (χ1v) is 5.67. The number of imide groups is 1. The van der Waals surface area contributed by atoms with Crippen LogP contribution < -0.4 is 5.32 Å². The Hall–Kier alpha value is -2.51. The predicted octanol–water partition coefficient (Wildman–Crippen LogP) is 0.549. The number of rotatable bonds is 3. The van der Waals surface area contributed by atoms with E-state index in [1.165, 1.54) is 25.4 Å². The van der Waals surface area contributed by atoms with Crippen LogP contribution in [-0.2, 0) is 9.59 Å². The number of likely N-dealkylation sites (tertiary alicyclic amines) is 1. The van der Waals surface area contributed by atoms with Gasteiger partial charge in [-0.05, 0) is 12.5 Å². The molecule has 0 spiro atoms. The summed E-state index contributed by atoms with van der Waals surface area (Å²) in [6.45, 7) is 0. The molecule has 1 saturated heterocycles. The van der Waals surface area contributed by atoms with E-state index in [-0.39, 0.29) is 23.8 Å². The van der Waals surface area contributed by atoms with Gasteiger partial charge in [0.2, 0.25) is 11.7 Å². The molecule has 8 heteroatoms. The number of hydrogen-bond donors (Lipinski definition) is 1. The Morgan fingerprint density at radius 1 is 1.53 bits per heavy atom. The van der Waals surface area contributed by atoms with E-state index in [0.717, 1.165) is 4.90 Å². The molecule has 1 atom stereocenters. The van der Waals surface area contributed by atoms with Crippen LogP contribution in [0.4, 0.5) is 11.5 Å². The smallest absolute Gasteiger partial charge is 0.311 e. The van der Waals surface area contributed by atoms with Crippen LogP contribution in [0.25, 0.3) is 0 Å². The summed E-state index contributed by atoms with van der Waals surface area (Å²) in [5.41, 5.74) is -0.199. The Morgan fingerprint density at radius 2 is 2.26 bits per heavy atom. The van der Waals surface area contributed by atoms with Gasteiger partial charge in [-0.25, -0.2) is 4.98 Å². The van der Waals surface area contributed by atoms with E-state index in [2.05, 4.69) is 10.3 Å². The van der Waals surface area contributed by atoms with E-state index < -0.39 is 16.9 Å². The zero-order valence-corrected chi connectivity index (χ0v) is 10.2. The van der Waals surface area contributed by atoms with E-state index in [1.54, 1.807) is 0 Å². The van der Waals surface area contributed by atoms with Gasteiger partial charge in [0.05, 0.1) is 4.92 Å². The maximum atomic E-state index is 11.9. The zero-order valence-electron chi connectivity index (χ0n) is 10.2. The topological polar surface area (TPSA) is 105 Å². The Labute approximate surface area is 108 Å². The minimum atomic E-state index is -0.670. The molecule has 2 heterocycles. The lowest BCUT2D eigenvalue weighted by atomic mass is 10.0. The molecule has 1 N–H and O–H groups in total. The van der Waals surface area contributed by atoms with Crippen LogP contribution in [-0.4, -0.2) is 39.7 Å². The molecule has 8 nitrogen and oxygen atoms in total. The van der Waals surface area contributed by atoms with Gasteiger partial charge in [-0.1, -0.05) is 0 Å². The highest BCUT2D eigenvalue weighted by Gasteiger charge is 2.33. The first-order valence-electron chi connectivity index (χ1n) is 5.67. The molecular formula is C11H12N4O4. The molecule has 0 aromatic carbocycles. The SMILES string of the molecule is CN1C(=O)CCC(Nc2ncccc2[N+](=O)[O-])C1=O. The summed E-state index contributed by atoms with van der Waals surface area (Å²) in [5.74, 6) is -0.622. The van der Waals surface area contributed by atoms with Crippen LogP contribution in [0.3, 0.4) is 0 Å². The summed E-state index contributed by atoms with van der Waals surface area (Å²) >= 11 is 0. The fraction of sp³-hybridized carbons (Fsp3) is 0.364. The van der Waals surface area contributed by atoms with Gasteiger partial charge in [-0.2, -0.15) is 0 Å². The molecule has 2 rings (SSSR count). The number of hydrogen-bond acceptors (Lipinski definition) is 6. The van der Waals surface area contributed by atoms with Gasteiger partial charge in [-0.3, -0.25) is 24.6 Å². The molecule has 1 aromatic heterocycles. The number of anilines is 1. The van der Waals surface area contributed by atoms with E-state index in [0.29, 0.717) is 6.42 Å². The van der Waals surface area contributed by atoms with Crippen molar-refractivity contribution in [3.63, 3.8) is 0 Å². The third kappa shape index (κ3) is 2.51. The van der Waals surface area contributed by atoms with Crippen LogP contribution in [0.5, 0.6) is 0 Å². The fourth-order valence-corrected chi connectivity index (χ4v) is 1.87. The van der Waals surface area contributed by atoms with E-state index in [1.807, 2.05) is 0 Å². The molecule has 0 radical (unpaired) electrons. The number of carbonyl (C=O) groups is 2. The van der Waals surface area contributed by atoms with Gasteiger partial charge in [0.25, 0.3) is 5.91 Å². The average Bonchev–Trinajstić information content (AvgIpc) is 2.40. The van der Waals surface area contributed by atoms with Crippen LogP contribution in [0.2, 0.25) is 0 Å². The van der Waals surface area contributed by atoms with E-state index in [9.17, 15) is 19.7 Å². The monoisotopic (exact) mass is 264 g/mol. The number of amides is 2. The van der Waals surface area contributed by atoms with Crippen molar-refractivity contribution in [3.05, 3.63) is 28.4 Å². The molecule has 2 amide bonds. The summed E-state index contributed by atoms with van der Waals surface area (Å²) in [7, 11) is 1.39. The van der Waals surface area contributed by atoms with Crippen molar-refractivity contribution in [3.8, 4) is 0 Å². The summed E-state index contributed by atoms with van der Waals surface area (Å²) in [4.78, 5) is 38.4. The quantitative estimate of drug-likeness (QED) is 0.485. The Kier molecular flexibility index (Phi) is 3.41. The van der Waals surface area contributed by atoms with Crippen LogP contribution in [0.1, 0.15) is 12.8 Å². The van der Waals surface area contributed by atoms with Gasteiger partial charge >= 0.3 is 5.69 Å². The summed E-state index contributed by atoms with van der Waals surface area (Å²) in [6.07, 6.45) is 1.92. The average molecular weight is 264 g/mol. The van der Waals surface area contributed by atoms with Crippen molar-refractivity contribution >= 4 is 23.3 Å². The van der Waals surface area contributed by atoms with Crippen LogP contribution in [0.15, 0.2) is 18.3 Å².